The van der Waals surface area contributed by atoms with Gasteiger partial charge in [-0.1, -0.05) is 35.9 Å². The first-order chi connectivity index (χ1) is 11.6. The highest BCUT2D eigenvalue weighted by Crippen LogP contribution is 2.30. The van der Waals surface area contributed by atoms with Gasteiger partial charge in [-0.25, -0.2) is 0 Å². The minimum Gasteiger partial charge on any atom is -0.377 e. The molecule has 2 aromatic carbocycles. The summed E-state index contributed by atoms with van der Waals surface area (Å²) in [6, 6.07) is 8.62. The van der Waals surface area contributed by atoms with Gasteiger partial charge in [0.1, 0.15) is 0 Å². The Morgan fingerprint density at radius 3 is 2.24 bits per heavy atom. The van der Waals surface area contributed by atoms with Crippen LogP contribution in [-0.2, 0) is 17.4 Å². The van der Waals surface area contributed by atoms with Crippen molar-refractivity contribution in [3.63, 3.8) is 0 Å². The van der Waals surface area contributed by atoms with Gasteiger partial charge in [0.25, 0.3) is 5.91 Å². The molecule has 0 N–H and O–H groups in total. The highest BCUT2D eigenvalue weighted by molar-refractivity contribution is 5.77. The first kappa shape index (κ1) is 18.8. The molecule has 1 amide bonds. The van der Waals surface area contributed by atoms with E-state index >= 15 is 0 Å². The second-order valence-electron chi connectivity index (χ2n) is 6.09. The number of likely N-dealkylation sites (N-methyl/N-ethyl adjacent to an activating group) is 1. The highest BCUT2D eigenvalue weighted by atomic mass is 19.4. The monoisotopic (exact) mass is 351 g/mol. The van der Waals surface area contributed by atoms with E-state index in [2.05, 4.69) is 0 Å². The Morgan fingerprint density at radius 1 is 1.08 bits per heavy atom. The van der Waals surface area contributed by atoms with E-state index in [4.69, 9.17) is 4.84 Å². The molecule has 0 spiro atoms. The minimum absolute atomic E-state index is 0.176. The number of benzene rings is 2. The molecule has 0 fully saturated rings. The van der Waals surface area contributed by atoms with Crippen molar-refractivity contribution in [2.24, 2.45) is 0 Å². The van der Waals surface area contributed by atoms with Crippen LogP contribution in [0.25, 0.3) is 0 Å². The van der Waals surface area contributed by atoms with Crippen molar-refractivity contribution < 1.29 is 22.8 Å². The minimum atomic E-state index is -4.43. The summed E-state index contributed by atoms with van der Waals surface area (Å²) in [5.74, 6) is 0.143. The van der Waals surface area contributed by atoms with Crippen LogP contribution in [0.4, 0.5) is 13.2 Å². The Morgan fingerprint density at radius 2 is 1.68 bits per heavy atom. The summed E-state index contributed by atoms with van der Waals surface area (Å²) in [6.07, 6.45) is -4.61. The molecule has 2 aromatic rings. The Hall–Kier alpha value is -2.50. The Balaban J connectivity index is 2.11. The van der Waals surface area contributed by atoms with Crippen LogP contribution in [0.15, 0.2) is 36.4 Å². The van der Waals surface area contributed by atoms with Crippen molar-refractivity contribution in [3.05, 3.63) is 64.2 Å². The number of hydrogen-bond donors (Lipinski definition) is 0. The summed E-state index contributed by atoms with van der Waals surface area (Å²) in [6.45, 7) is 5.72. The Kier molecular flexibility index (Phi) is 5.40. The molecule has 2 rings (SSSR count). The van der Waals surface area contributed by atoms with E-state index in [1.54, 1.807) is 0 Å². The zero-order valence-corrected chi connectivity index (χ0v) is 14.6. The summed E-state index contributed by atoms with van der Waals surface area (Å²) in [4.78, 5) is 17.9. The summed E-state index contributed by atoms with van der Waals surface area (Å²) in [5.41, 5.74) is 2.37. The molecular formula is C19H20F3NO2. The van der Waals surface area contributed by atoms with Gasteiger partial charge in [0.15, 0.2) is 5.75 Å². The van der Waals surface area contributed by atoms with Crippen LogP contribution in [-0.4, -0.2) is 18.0 Å². The smallest absolute Gasteiger partial charge is 0.377 e. The molecule has 0 aromatic heterocycles. The topological polar surface area (TPSA) is 29.5 Å². The number of aryl methyl sites for hydroxylation is 3. The molecule has 3 nitrogen and oxygen atoms in total. The quantitative estimate of drug-likeness (QED) is 0.752. The van der Waals surface area contributed by atoms with Crippen molar-refractivity contribution in [1.29, 1.82) is 0 Å². The molecule has 0 saturated carbocycles. The number of alkyl halides is 3. The van der Waals surface area contributed by atoms with Crippen molar-refractivity contribution >= 4 is 5.91 Å². The van der Waals surface area contributed by atoms with E-state index in [1.165, 1.54) is 19.2 Å². The van der Waals surface area contributed by atoms with Crippen LogP contribution in [0.2, 0.25) is 0 Å². The van der Waals surface area contributed by atoms with Gasteiger partial charge in [-0.05, 0) is 43.5 Å². The molecule has 0 aliphatic heterocycles. The summed E-state index contributed by atoms with van der Waals surface area (Å²) in [7, 11) is 1.45. The first-order valence-electron chi connectivity index (χ1n) is 7.76. The largest absolute Gasteiger partial charge is 0.416 e. The number of amides is 1. The zero-order chi connectivity index (χ0) is 18.8. The molecule has 6 heteroatoms. The fraction of sp³-hybridized carbons (Fsp3) is 0.316. The van der Waals surface area contributed by atoms with Crippen LogP contribution in [0.1, 0.15) is 27.8 Å². The molecule has 0 bridgehead atoms. The number of halogens is 3. The third kappa shape index (κ3) is 4.75. The maximum Gasteiger partial charge on any atom is 0.416 e. The zero-order valence-electron chi connectivity index (χ0n) is 14.6. The van der Waals surface area contributed by atoms with Crippen molar-refractivity contribution in [2.75, 3.05) is 7.05 Å². The van der Waals surface area contributed by atoms with E-state index in [0.717, 1.165) is 33.9 Å². The van der Waals surface area contributed by atoms with Crippen molar-refractivity contribution in [3.8, 4) is 5.75 Å². The average molecular weight is 351 g/mol. The Bertz CT molecular complexity index is 761. The van der Waals surface area contributed by atoms with Gasteiger partial charge in [0, 0.05) is 7.05 Å². The number of carbonyl (C=O) groups is 1. The SMILES string of the molecule is Cc1cc(C)c(ON(C)C(=O)Cc2cccc(C(F)(F)F)c2)c(C)c1. The highest BCUT2D eigenvalue weighted by Gasteiger charge is 2.30. The Labute approximate surface area is 145 Å². The van der Waals surface area contributed by atoms with Gasteiger partial charge >= 0.3 is 6.18 Å². The molecule has 0 atom stereocenters. The number of rotatable bonds is 4. The average Bonchev–Trinajstić information content (AvgIpc) is 2.50. The van der Waals surface area contributed by atoms with Crippen LogP contribution in [0, 0.1) is 20.8 Å². The van der Waals surface area contributed by atoms with Crippen molar-refractivity contribution in [2.45, 2.75) is 33.4 Å². The van der Waals surface area contributed by atoms with E-state index in [9.17, 15) is 18.0 Å². The third-order valence-electron chi connectivity index (χ3n) is 3.79. The van der Waals surface area contributed by atoms with E-state index in [0.29, 0.717) is 5.75 Å². The second-order valence-corrected chi connectivity index (χ2v) is 6.09. The van der Waals surface area contributed by atoms with Crippen LogP contribution in [0.3, 0.4) is 0 Å². The molecule has 0 aliphatic rings. The first-order valence-corrected chi connectivity index (χ1v) is 7.76. The molecule has 0 saturated heterocycles. The molecule has 134 valence electrons. The van der Waals surface area contributed by atoms with E-state index < -0.39 is 17.6 Å². The molecule has 0 aliphatic carbocycles. The molecule has 0 unspecified atom stereocenters. The lowest BCUT2D eigenvalue weighted by Crippen LogP contribution is -2.32. The summed E-state index contributed by atoms with van der Waals surface area (Å²) < 4.78 is 38.3. The predicted molar refractivity (Wildman–Crippen MR) is 89.2 cm³/mol. The van der Waals surface area contributed by atoms with Gasteiger partial charge in [-0.2, -0.15) is 18.2 Å². The van der Waals surface area contributed by atoms with Crippen LogP contribution < -0.4 is 4.84 Å². The fourth-order valence-electron chi connectivity index (χ4n) is 2.64. The molecule has 0 radical (unpaired) electrons. The lowest BCUT2D eigenvalue weighted by molar-refractivity contribution is -0.152. The normalized spacial score (nSPS) is 11.3. The predicted octanol–water partition coefficient (Wildman–Crippen LogP) is 4.63. The maximum atomic E-state index is 12.8. The number of hydroxylamine groups is 2. The number of carbonyl (C=O) groups excluding carboxylic acids is 1. The van der Waals surface area contributed by atoms with Gasteiger partial charge in [0.2, 0.25) is 0 Å². The lowest BCUT2D eigenvalue weighted by Gasteiger charge is -2.21. The van der Waals surface area contributed by atoms with Gasteiger partial charge in [0.05, 0.1) is 12.0 Å². The number of hydrogen-bond acceptors (Lipinski definition) is 2. The van der Waals surface area contributed by atoms with Crippen LogP contribution >= 0.6 is 0 Å². The summed E-state index contributed by atoms with van der Waals surface area (Å²) >= 11 is 0. The number of nitrogens with zero attached hydrogens (tertiary/aromatic N) is 1. The van der Waals surface area contributed by atoms with Gasteiger partial charge in [-0.15, -0.1) is 0 Å². The van der Waals surface area contributed by atoms with Gasteiger partial charge < -0.3 is 4.84 Å². The standard InChI is InChI=1S/C19H20F3NO2/c1-12-8-13(2)18(14(3)9-12)25-23(4)17(24)11-15-6-5-7-16(10-15)19(20,21)22/h5-10H,11H2,1-4H3. The van der Waals surface area contributed by atoms with E-state index in [-0.39, 0.29) is 12.0 Å². The molecule has 0 heterocycles. The molecular weight excluding hydrogens is 331 g/mol. The van der Waals surface area contributed by atoms with Gasteiger partial charge in [-0.3, -0.25) is 4.79 Å². The molecule has 25 heavy (non-hydrogen) atoms. The maximum absolute atomic E-state index is 12.8. The van der Waals surface area contributed by atoms with E-state index in [1.807, 2.05) is 32.9 Å². The third-order valence-corrected chi connectivity index (χ3v) is 3.79. The van der Waals surface area contributed by atoms with Crippen LogP contribution in [0.5, 0.6) is 5.75 Å². The lowest BCUT2D eigenvalue weighted by atomic mass is 10.1. The van der Waals surface area contributed by atoms with Crippen molar-refractivity contribution in [1.82, 2.24) is 5.06 Å². The second kappa shape index (κ2) is 7.17. The summed E-state index contributed by atoms with van der Waals surface area (Å²) in [5, 5.41) is 1.06. The fourth-order valence-corrected chi connectivity index (χ4v) is 2.64.